The summed E-state index contributed by atoms with van der Waals surface area (Å²) < 4.78 is 14.9. The Morgan fingerprint density at radius 1 is 1.04 bits per heavy atom. The van der Waals surface area contributed by atoms with Crippen LogP contribution in [0.4, 0.5) is 4.39 Å². The minimum absolute atomic E-state index is 0.0726. The number of fused-ring (bicyclic) bond motifs is 1. The van der Waals surface area contributed by atoms with E-state index in [0.717, 1.165) is 32.7 Å². The fourth-order valence-electron chi connectivity index (χ4n) is 3.45. The van der Waals surface area contributed by atoms with Gasteiger partial charge in [0.05, 0.1) is 12.1 Å². The Morgan fingerprint density at radius 2 is 1.82 bits per heavy atom. The molecule has 0 atom stereocenters. The molecule has 1 fully saturated rings. The molecule has 0 N–H and O–H groups in total. The monoisotopic (exact) mass is 378 g/mol. The number of benzene rings is 1. The highest BCUT2D eigenvalue weighted by Crippen LogP contribution is 2.10. The van der Waals surface area contributed by atoms with E-state index in [1.807, 2.05) is 23.1 Å². The summed E-state index contributed by atoms with van der Waals surface area (Å²) in [6.45, 7) is 4.05. The second kappa shape index (κ2) is 8.35. The van der Waals surface area contributed by atoms with E-state index in [1.165, 1.54) is 17.8 Å². The number of imidazole rings is 1. The first kappa shape index (κ1) is 18.4. The largest absolute Gasteiger partial charge is 0.340 e. The van der Waals surface area contributed by atoms with Gasteiger partial charge in [0, 0.05) is 45.1 Å². The Kier molecular flexibility index (Phi) is 5.48. The van der Waals surface area contributed by atoms with E-state index in [0.29, 0.717) is 11.3 Å². The minimum Gasteiger partial charge on any atom is -0.340 e. The van der Waals surface area contributed by atoms with Gasteiger partial charge in [-0.3, -0.25) is 9.69 Å². The lowest BCUT2D eigenvalue weighted by Gasteiger charge is -2.34. The number of carbonyl (C=O) groups excluding carboxylic acids is 1. The average molecular weight is 378 g/mol. The fourth-order valence-corrected chi connectivity index (χ4v) is 3.45. The first-order chi connectivity index (χ1) is 13.7. The van der Waals surface area contributed by atoms with E-state index in [9.17, 15) is 9.18 Å². The van der Waals surface area contributed by atoms with Crippen molar-refractivity contribution in [1.82, 2.24) is 19.2 Å². The number of hydrogen-bond acceptors (Lipinski definition) is 3. The van der Waals surface area contributed by atoms with Gasteiger partial charge in [0.1, 0.15) is 11.5 Å². The quantitative estimate of drug-likeness (QED) is 0.686. The maximum absolute atomic E-state index is 13.3. The van der Waals surface area contributed by atoms with Crippen LogP contribution in [-0.4, -0.2) is 57.8 Å². The molecule has 2 aromatic heterocycles. The third-order valence-electron chi connectivity index (χ3n) is 5.00. The van der Waals surface area contributed by atoms with Crippen molar-refractivity contribution in [2.75, 3.05) is 32.7 Å². The number of nitrogens with zero attached hydrogens (tertiary/aromatic N) is 4. The zero-order valence-electron chi connectivity index (χ0n) is 15.7. The summed E-state index contributed by atoms with van der Waals surface area (Å²) in [5, 5.41) is 0. The summed E-state index contributed by atoms with van der Waals surface area (Å²) in [6, 6.07) is 13.2. The molecule has 1 aromatic carbocycles. The van der Waals surface area contributed by atoms with Crippen molar-refractivity contribution in [3.8, 4) is 0 Å². The van der Waals surface area contributed by atoms with Gasteiger partial charge in [-0.15, -0.1) is 0 Å². The normalized spacial score (nSPS) is 15.5. The Balaban J connectivity index is 1.27. The summed E-state index contributed by atoms with van der Waals surface area (Å²) in [4.78, 5) is 21.2. The molecular formula is C22H23FN4O. The molecule has 144 valence electrons. The van der Waals surface area contributed by atoms with Crippen LogP contribution in [0, 0.1) is 5.82 Å². The molecule has 6 heteroatoms. The van der Waals surface area contributed by atoms with Crippen molar-refractivity contribution in [2.24, 2.45) is 0 Å². The zero-order chi connectivity index (χ0) is 19.3. The van der Waals surface area contributed by atoms with Crippen LogP contribution in [0.5, 0.6) is 0 Å². The number of pyridine rings is 1. The highest BCUT2D eigenvalue weighted by Gasteiger charge is 2.21. The van der Waals surface area contributed by atoms with Crippen LogP contribution in [0.3, 0.4) is 0 Å². The van der Waals surface area contributed by atoms with Crippen molar-refractivity contribution >= 4 is 17.6 Å². The van der Waals surface area contributed by atoms with Crippen LogP contribution >= 0.6 is 0 Å². The molecule has 0 radical (unpaired) electrons. The highest BCUT2D eigenvalue weighted by molar-refractivity contribution is 5.78. The van der Waals surface area contributed by atoms with Crippen LogP contribution < -0.4 is 0 Å². The Morgan fingerprint density at radius 3 is 2.61 bits per heavy atom. The van der Waals surface area contributed by atoms with Gasteiger partial charge in [0.2, 0.25) is 5.91 Å². The summed E-state index contributed by atoms with van der Waals surface area (Å²) >= 11 is 0. The van der Waals surface area contributed by atoms with Crippen LogP contribution in [0.25, 0.3) is 11.7 Å². The van der Waals surface area contributed by atoms with E-state index in [1.54, 1.807) is 16.7 Å². The smallest absolute Gasteiger partial charge is 0.228 e. The van der Waals surface area contributed by atoms with Gasteiger partial charge in [-0.1, -0.05) is 42.5 Å². The summed E-state index contributed by atoms with van der Waals surface area (Å²) in [5.74, 6) is -0.247. The molecule has 1 saturated heterocycles. The zero-order valence-corrected chi connectivity index (χ0v) is 15.7. The predicted octanol–water partition coefficient (Wildman–Crippen LogP) is 2.87. The molecule has 0 bridgehead atoms. The molecule has 1 aliphatic heterocycles. The molecule has 1 aliphatic rings. The first-order valence-corrected chi connectivity index (χ1v) is 9.52. The molecule has 3 aromatic rings. The van der Waals surface area contributed by atoms with Gasteiger partial charge < -0.3 is 9.30 Å². The van der Waals surface area contributed by atoms with Gasteiger partial charge in [0.15, 0.2) is 0 Å². The highest BCUT2D eigenvalue weighted by atomic mass is 19.1. The second-order valence-electron chi connectivity index (χ2n) is 7.02. The first-order valence-electron chi connectivity index (χ1n) is 9.52. The van der Waals surface area contributed by atoms with E-state index in [4.69, 9.17) is 0 Å². The number of carbonyl (C=O) groups is 1. The predicted molar refractivity (Wildman–Crippen MR) is 107 cm³/mol. The number of rotatable bonds is 5. The standard InChI is InChI=1S/C22H23FN4O/c23-19-8-9-21-24-20(17-27(21)16-19)15-22(28)26-13-11-25(12-14-26)10-4-7-18-5-2-1-3-6-18/h1-9,16-17H,10-15H2/b7-4+. The van der Waals surface area contributed by atoms with Crippen LogP contribution in [-0.2, 0) is 11.2 Å². The molecule has 0 spiro atoms. The fraction of sp³-hybridized carbons (Fsp3) is 0.273. The second-order valence-corrected chi connectivity index (χ2v) is 7.02. The molecule has 4 rings (SSSR count). The van der Waals surface area contributed by atoms with Crippen LogP contribution in [0.15, 0.2) is 60.9 Å². The Hall–Kier alpha value is -2.99. The van der Waals surface area contributed by atoms with Gasteiger partial charge in [-0.25, -0.2) is 9.37 Å². The summed E-state index contributed by atoms with van der Waals surface area (Å²) in [7, 11) is 0. The molecule has 0 aliphatic carbocycles. The number of amides is 1. The molecule has 5 nitrogen and oxygen atoms in total. The lowest BCUT2D eigenvalue weighted by molar-refractivity contribution is -0.132. The third kappa shape index (κ3) is 4.46. The molecule has 0 saturated carbocycles. The van der Waals surface area contributed by atoms with Crippen LogP contribution in [0.1, 0.15) is 11.3 Å². The maximum Gasteiger partial charge on any atom is 0.228 e. The topological polar surface area (TPSA) is 40.9 Å². The number of aromatic nitrogens is 2. The Labute approximate surface area is 163 Å². The average Bonchev–Trinajstić information content (AvgIpc) is 3.10. The molecule has 3 heterocycles. The minimum atomic E-state index is -0.319. The maximum atomic E-state index is 13.3. The Bertz CT molecular complexity index is 975. The van der Waals surface area contributed by atoms with Crippen molar-refractivity contribution < 1.29 is 9.18 Å². The molecule has 0 unspecified atom stereocenters. The summed E-state index contributed by atoms with van der Waals surface area (Å²) in [5.41, 5.74) is 2.52. The van der Waals surface area contributed by atoms with Crippen molar-refractivity contribution in [3.05, 3.63) is 78.0 Å². The molecular weight excluding hydrogens is 355 g/mol. The van der Waals surface area contributed by atoms with E-state index in [2.05, 4.69) is 34.2 Å². The van der Waals surface area contributed by atoms with Gasteiger partial charge in [-0.2, -0.15) is 0 Å². The van der Waals surface area contributed by atoms with E-state index < -0.39 is 0 Å². The molecule has 1 amide bonds. The van der Waals surface area contributed by atoms with Crippen LogP contribution in [0.2, 0.25) is 0 Å². The third-order valence-corrected chi connectivity index (χ3v) is 5.00. The van der Waals surface area contributed by atoms with Gasteiger partial charge >= 0.3 is 0 Å². The number of hydrogen-bond donors (Lipinski definition) is 0. The van der Waals surface area contributed by atoms with Gasteiger partial charge in [0.25, 0.3) is 0 Å². The van der Waals surface area contributed by atoms with Crippen molar-refractivity contribution in [2.45, 2.75) is 6.42 Å². The number of halogens is 1. The SMILES string of the molecule is O=C(Cc1cn2cc(F)ccc2n1)N1CCN(C/C=C/c2ccccc2)CC1. The van der Waals surface area contributed by atoms with E-state index >= 15 is 0 Å². The van der Waals surface area contributed by atoms with Crippen molar-refractivity contribution in [1.29, 1.82) is 0 Å². The summed E-state index contributed by atoms with van der Waals surface area (Å²) in [6.07, 6.45) is 7.64. The lowest BCUT2D eigenvalue weighted by Crippen LogP contribution is -2.49. The molecule has 28 heavy (non-hydrogen) atoms. The van der Waals surface area contributed by atoms with Crippen molar-refractivity contribution in [3.63, 3.8) is 0 Å². The number of piperazine rings is 1. The lowest BCUT2D eigenvalue weighted by atomic mass is 10.2. The van der Waals surface area contributed by atoms with Gasteiger partial charge in [-0.05, 0) is 17.7 Å². The van der Waals surface area contributed by atoms with E-state index in [-0.39, 0.29) is 18.1 Å².